The van der Waals surface area contributed by atoms with Crippen LogP contribution < -0.4 is 5.32 Å². The minimum atomic E-state index is -1.34. The molecule has 0 bridgehead atoms. The molecule has 5 heteroatoms. The van der Waals surface area contributed by atoms with Gasteiger partial charge in [-0.15, -0.1) is 0 Å². The van der Waals surface area contributed by atoms with Gasteiger partial charge in [-0.1, -0.05) is 30.3 Å². The summed E-state index contributed by atoms with van der Waals surface area (Å²) in [7, 11) is 0. The maximum atomic E-state index is 13.4. The molecule has 0 fully saturated rings. The minimum absolute atomic E-state index is 0.170. The van der Waals surface area contributed by atoms with E-state index in [1.54, 1.807) is 0 Å². The van der Waals surface area contributed by atoms with Crippen molar-refractivity contribution in [1.82, 2.24) is 0 Å². The summed E-state index contributed by atoms with van der Waals surface area (Å²) < 4.78 is 13.4. The number of carbonyl (C=O) groups excluding carboxylic acids is 1. The first-order valence-corrected chi connectivity index (χ1v) is 5.93. The molecule has 0 aliphatic carbocycles. The number of carbonyl (C=O) groups is 2. The van der Waals surface area contributed by atoms with Crippen LogP contribution in [0.15, 0.2) is 48.5 Å². The van der Waals surface area contributed by atoms with Crippen LogP contribution in [0.3, 0.4) is 0 Å². The van der Waals surface area contributed by atoms with E-state index in [1.165, 1.54) is 6.07 Å². The van der Waals surface area contributed by atoms with E-state index in [9.17, 15) is 14.0 Å². The Balaban J connectivity index is 2.05. The Morgan fingerprint density at radius 1 is 1.10 bits per heavy atom. The second-order valence-electron chi connectivity index (χ2n) is 4.21. The number of carboxylic acid groups (broad SMARTS) is 1. The van der Waals surface area contributed by atoms with Crippen molar-refractivity contribution in [2.75, 3.05) is 5.32 Å². The summed E-state index contributed by atoms with van der Waals surface area (Å²) in [6.45, 7) is 0. The highest BCUT2D eigenvalue weighted by atomic mass is 19.1. The van der Waals surface area contributed by atoms with Gasteiger partial charge in [0.2, 0.25) is 5.91 Å². The van der Waals surface area contributed by atoms with E-state index >= 15 is 0 Å². The highest BCUT2D eigenvalue weighted by molar-refractivity contribution is 5.93. The molecule has 0 spiro atoms. The molecule has 0 saturated carbocycles. The van der Waals surface area contributed by atoms with E-state index < -0.39 is 17.3 Å². The maximum absolute atomic E-state index is 13.4. The quantitative estimate of drug-likeness (QED) is 0.900. The van der Waals surface area contributed by atoms with E-state index in [0.29, 0.717) is 0 Å². The molecule has 4 nitrogen and oxygen atoms in total. The van der Waals surface area contributed by atoms with E-state index in [2.05, 4.69) is 5.32 Å². The fraction of sp³-hybridized carbons (Fsp3) is 0.0667. The summed E-state index contributed by atoms with van der Waals surface area (Å²) >= 11 is 0. The van der Waals surface area contributed by atoms with Crippen LogP contribution in [0.2, 0.25) is 0 Å². The number of amides is 1. The molecule has 0 aliphatic rings. The van der Waals surface area contributed by atoms with Crippen molar-refractivity contribution in [3.63, 3.8) is 0 Å². The second kappa shape index (κ2) is 5.97. The SMILES string of the molecule is O=C(Cc1ccccc1)Nc1ccc(C(=O)O)c(F)c1. The van der Waals surface area contributed by atoms with Crippen LogP contribution in [-0.4, -0.2) is 17.0 Å². The molecule has 2 N–H and O–H groups in total. The molecule has 0 saturated heterocycles. The molecule has 0 heterocycles. The zero-order valence-corrected chi connectivity index (χ0v) is 10.5. The summed E-state index contributed by atoms with van der Waals surface area (Å²) in [6, 6.07) is 12.6. The van der Waals surface area contributed by atoms with Crippen LogP contribution in [0.1, 0.15) is 15.9 Å². The summed E-state index contributed by atoms with van der Waals surface area (Å²) in [5.41, 5.74) is 0.645. The molecule has 0 aliphatic heterocycles. The molecule has 1 amide bonds. The van der Waals surface area contributed by atoms with Crippen molar-refractivity contribution >= 4 is 17.6 Å². The zero-order chi connectivity index (χ0) is 14.5. The Hall–Kier alpha value is -2.69. The largest absolute Gasteiger partial charge is 0.478 e. The molecule has 0 radical (unpaired) electrons. The van der Waals surface area contributed by atoms with Gasteiger partial charge in [0.25, 0.3) is 0 Å². The van der Waals surface area contributed by atoms with Gasteiger partial charge in [-0.05, 0) is 23.8 Å². The second-order valence-corrected chi connectivity index (χ2v) is 4.21. The average Bonchev–Trinajstić information content (AvgIpc) is 2.39. The lowest BCUT2D eigenvalue weighted by molar-refractivity contribution is -0.115. The summed E-state index contributed by atoms with van der Waals surface area (Å²) in [4.78, 5) is 22.4. The van der Waals surface area contributed by atoms with Crippen LogP contribution in [0.25, 0.3) is 0 Å². The molecule has 20 heavy (non-hydrogen) atoms. The normalized spacial score (nSPS) is 10.1. The van der Waals surface area contributed by atoms with Crippen molar-refractivity contribution in [3.8, 4) is 0 Å². The Morgan fingerprint density at radius 2 is 1.80 bits per heavy atom. The van der Waals surface area contributed by atoms with Crippen molar-refractivity contribution in [2.45, 2.75) is 6.42 Å². The van der Waals surface area contributed by atoms with Gasteiger partial charge in [0, 0.05) is 5.69 Å². The average molecular weight is 273 g/mol. The lowest BCUT2D eigenvalue weighted by Gasteiger charge is -2.06. The molecule has 2 rings (SSSR count). The maximum Gasteiger partial charge on any atom is 0.338 e. The van der Waals surface area contributed by atoms with Crippen LogP contribution in [0.4, 0.5) is 10.1 Å². The van der Waals surface area contributed by atoms with Crippen LogP contribution in [-0.2, 0) is 11.2 Å². The van der Waals surface area contributed by atoms with Gasteiger partial charge in [0.05, 0.1) is 12.0 Å². The standard InChI is InChI=1S/C15H12FNO3/c16-13-9-11(6-7-12(13)15(19)20)17-14(18)8-10-4-2-1-3-5-10/h1-7,9H,8H2,(H,17,18)(H,19,20). The number of anilines is 1. The van der Waals surface area contributed by atoms with Crippen LogP contribution >= 0.6 is 0 Å². The first-order valence-electron chi connectivity index (χ1n) is 5.93. The lowest BCUT2D eigenvalue weighted by Crippen LogP contribution is -2.14. The number of hydrogen-bond acceptors (Lipinski definition) is 2. The van der Waals surface area contributed by atoms with E-state index in [4.69, 9.17) is 5.11 Å². The fourth-order valence-electron chi connectivity index (χ4n) is 1.75. The van der Waals surface area contributed by atoms with E-state index in [0.717, 1.165) is 17.7 Å². The smallest absolute Gasteiger partial charge is 0.338 e. The number of benzene rings is 2. The monoisotopic (exact) mass is 273 g/mol. The molecule has 0 atom stereocenters. The summed E-state index contributed by atoms with van der Waals surface area (Å²) in [5.74, 6) is -2.52. The number of aromatic carboxylic acids is 1. The Bertz CT molecular complexity index is 641. The van der Waals surface area contributed by atoms with Gasteiger partial charge < -0.3 is 10.4 Å². The first kappa shape index (κ1) is 13.7. The van der Waals surface area contributed by atoms with Gasteiger partial charge >= 0.3 is 5.97 Å². The topological polar surface area (TPSA) is 66.4 Å². The molecule has 2 aromatic rings. The van der Waals surface area contributed by atoms with Crippen LogP contribution in [0, 0.1) is 5.82 Å². The van der Waals surface area contributed by atoms with Crippen molar-refractivity contribution in [1.29, 1.82) is 0 Å². The summed E-state index contributed by atoms with van der Waals surface area (Å²) in [5, 5.41) is 11.2. The Morgan fingerprint density at radius 3 is 2.40 bits per heavy atom. The third-order valence-corrected chi connectivity index (χ3v) is 2.69. The van der Waals surface area contributed by atoms with Crippen molar-refractivity contribution < 1.29 is 19.1 Å². The number of nitrogens with one attached hydrogen (secondary N) is 1. The lowest BCUT2D eigenvalue weighted by atomic mass is 10.1. The molecule has 102 valence electrons. The van der Waals surface area contributed by atoms with E-state index in [1.807, 2.05) is 30.3 Å². The fourth-order valence-corrected chi connectivity index (χ4v) is 1.75. The third kappa shape index (κ3) is 3.41. The number of halogens is 1. The Kier molecular flexibility index (Phi) is 4.10. The molecular formula is C15H12FNO3. The highest BCUT2D eigenvalue weighted by Gasteiger charge is 2.11. The number of rotatable bonds is 4. The molecule has 0 aromatic heterocycles. The van der Waals surface area contributed by atoms with Crippen LogP contribution in [0.5, 0.6) is 0 Å². The molecule has 0 unspecified atom stereocenters. The first-order chi connectivity index (χ1) is 9.56. The van der Waals surface area contributed by atoms with Gasteiger partial charge in [0.1, 0.15) is 5.82 Å². The number of hydrogen-bond donors (Lipinski definition) is 2. The Labute approximate surface area is 114 Å². The molecule has 2 aromatic carbocycles. The van der Waals surface area contributed by atoms with E-state index in [-0.39, 0.29) is 18.0 Å². The predicted molar refractivity (Wildman–Crippen MR) is 72.1 cm³/mol. The summed E-state index contributed by atoms with van der Waals surface area (Å²) in [6.07, 6.45) is 0.170. The van der Waals surface area contributed by atoms with Gasteiger partial charge in [-0.25, -0.2) is 9.18 Å². The predicted octanol–water partition coefficient (Wildman–Crippen LogP) is 2.71. The zero-order valence-electron chi connectivity index (χ0n) is 10.5. The highest BCUT2D eigenvalue weighted by Crippen LogP contribution is 2.15. The third-order valence-electron chi connectivity index (χ3n) is 2.69. The van der Waals surface area contributed by atoms with Crippen molar-refractivity contribution in [2.24, 2.45) is 0 Å². The van der Waals surface area contributed by atoms with Gasteiger partial charge in [0.15, 0.2) is 0 Å². The minimum Gasteiger partial charge on any atom is -0.478 e. The number of carboxylic acids is 1. The van der Waals surface area contributed by atoms with Gasteiger partial charge in [-0.2, -0.15) is 0 Å². The van der Waals surface area contributed by atoms with Crippen molar-refractivity contribution in [3.05, 3.63) is 65.5 Å². The molecular weight excluding hydrogens is 261 g/mol. The van der Waals surface area contributed by atoms with Gasteiger partial charge in [-0.3, -0.25) is 4.79 Å².